The van der Waals surface area contributed by atoms with Crippen LogP contribution in [0.15, 0.2) is 121 Å². The highest BCUT2D eigenvalue weighted by Gasteiger charge is 2.43. The Kier molecular flexibility index (Phi) is 4.97. The summed E-state index contributed by atoms with van der Waals surface area (Å²) in [5.41, 5.74) is 13.3. The predicted octanol–water partition coefficient (Wildman–Crippen LogP) is 7.43. The summed E-state index contributed by atoms with van der Waals surface area (Å²) >= 11 is 0. The lowest BCUT2D eigenvalue weighted by Crippen LogP contribution is -2.61. The Bertz CT molecular complexity index is 1530. The third-order valence-electron chi connectivity index (χ3n) is 8.76. The van der Waals surface area contributed by atoms with Gasteiger partial charge in [0.1, 0.15) is 0 Å². The fourth-order valence-corrected chi connectivity index (χ4v) is 7.12. The van der Waals surface area contributed by atoms with Crippen LogP contribution in [0.2, 0.25) is 0 Å². The second-order valence-corrected chi connectivity index (χ2v) is 10.8. The zero-order valence-electron chi connectivity index (χ0n) is 21.4. The van der Waals surface area contributed by atoms with Crippen LogP contribution in [0.5, 0.6) is 0 Å². The Hall–Kier alpha value is -4.24. The third-order valence-corrected chi connectivity index (χ3v) is 8.76. The topological polar surface area (TPSA) is 6.48 Å². The van der Waals surface area contributed by atoms with Crippen molar-refractivity contribution < 1.29 is 0 Å². The number of nitrogens with zero attached hydrogens (tertiary/aromatic N) is 2. The smallest absolute Gasteiger partial charge is 0.252 e. The zero-order valence-corrected chi connectivity index (χ0v) is 21.4. The van der Waals surface area contributed by atoms with Crippen molar-refractivity contribution >= 4 is 57.2 Å². The lowest BCUT2D eigenvalue weighted by Gasteiger charge is -2.44. The second-order valence-electron chi connectivity index (χ2n) is 10.8. The van der Waals surface area contributed by atoms with E-state index in [1.807, 2.05) is 0 Å². The number of hydrogen-bond acceptors (Lipinski definition) is 2. The number of para-hydroxylation sites is 4. The molecule has 2 heterocycles. The van der Waals surface area contributed by atoms with Gasteiger partial charge >= 0.3 is 0 Å². The van der Waals surface area contributed by atoms with E-state index in [1.165, 1.54) is 81.8 Å². The highest BCUT2D eigenvalue weighted by Crippen LogP contribution is 2.46. The molecule has 0 aromatic heterocycles. The van der Waals surface area contributed by atoms with Gasteiger partial charge in [0.25, 0.3) is 6.71 Å². The Morgan fingerprint density at radius 2 is 0.947 bits per heavy atom. The molecule has 1 fully saturated rings. The number of hydrogen-bond donors (Lipinski definition) is 0. The van der Waals surface area contributed by atoms with Gasteiger partial charge < -0.3 is 9.80 Å². The summed E-state index contributed by atoms with van der Waals surface area (Å²) in [5.74, 6) is 0.625. The van der Waals surface area contributed by atoms with Crippen molar-refractivity contribution in [3.8, 4) is 0 Å². The quantitative estimate of drug-likeness (QED) is 0.239. The summed E-state index contributed by atoms with van der Waals surface area (Å²) in [6.45, 7) is 0.199. The summed E-state index contributed by atoms with van der Waals surface area (Å²) in [6, 6.07) is 44.9. The van der Waals surface area contributed by atoms with Crippen LogP contribution in [-0.2, 0) is 0 Å². The fourth-order valence-electron chi connectivity index (χ4n) is 7.12. The van der Waals surface area contributed by atoms with Crippen LogP contribution in [0.1, 0.15) is 37.2 Å². The molecule has 1 saturated carbocycles. The number of anilines is 6. The molecule has 0 N–H and O–H groups in total. The van der Waals surface area contributed by atoms with Crippen molar-refractivity contribution in [2.24, 2.45) is 0 Å². The number of rotatable bonds is 3. The van der Waals surface area contributed by atoms with Crippen LogP contribution in [0.25, 0.3) is 0 Å². The van der Waals surface area contributed by atoms with E-state index < -0.39 is 0 Å². The molecule has 3 heteroatoms. The summed E-state index contributed by atoms with van der Waals surface area (Å²) in [7, 11) is 0. The highest BCUT2D eigenvalue weighted by atomic mass is 15.2. The molecule has 1 aliphatic carbocycles. The van der Waals surface area contributed by atoms with Crippen molar-refractivity contribution in [3.05, 3.63) is 127 Å². The maximum Gasteiger partial charge on any atom is 0.252 e. The van der Waals surface area contributed by atoms with Gasteiger partial charge in [-0.1, -0.05) is 85.6 Å². The van der Waals surface area contributed by atoms with Gasteiger partial charge in [0.15, 0.2) is 0 Å². The third kappa shape index (κ3) is 3.21. The van der Waals surface area contributed by atoms with Crippen molar-refractivity contribution in [2.75, 3.05) is 9.80 Å². The summed E-state index contributed by atoms with van der Waals surface area (Å²) in [6.07, 6.45) is 5.23. The van der Waals surface area contributed by atoms with Crippen LogP contribution in [0.4, 0.5) is 34.1 Å². The minimum absolute atomic E-state index is 0.199. The molecule has 5 aromatic carbocycles. The van der Waals surface area contributed by atoms with Crippen molar-refractivity contribution in [1.29, 1.82) is 0 Å². The minimum Gasteiger partial charge on any atom is -0.311 e. The van der Waals surface area contributed by atoms with E-state index in [9.17, 15) is 0 Å². The van der Waals surface area contributed by atoms with Crippen molar-refractivity contribution in [2.45, 2.75) is 31.6 Å². The van der Waals surface area contributed by atoms with Gasteiger partial charge in [-0.2, -0.15) is 0 Å². The molecule has 3 aliphatic rings. The first-order valence-corrected chi connectivity index (χ1v) is 13.9. The summed E-state index contributed by atoms with van der Waals surface area (Å²) in [5, 5.41) is 0. The fraction of sp³-hybridized carbons (Fsp3) is 0.143. The van der Waals surface area contributed by atoms with Gasteiger partial charge in [-0.25, -0.2) is 0 Å². The first-order chi connectivity index (χ1) is 18.9. The molecule has 182 valence electrons. The molecular formula is C35H29BN2. The Labute approximate surface area is 225 Å². The van der Waals surface area contributed by atoms with Gasteiger partial charge in [-0.15, -0.1) is 0 Å². The maximum absolute atomic E-state index is 2.53. The van der Waals surface area contributed by atoms with E-state index in [0.29, 0.717) is 5.92 Å². The monoisotopic (exact) mass is 488 g/mol. The molecular weight excluding hydrogens is 459 g/mol. The van der Waals surface area contributed by atoms with Gasteiger partial charge in [0, 0.05) is 34.1 Å². The van der Waals surface area contributed by atoms with E-state index in [1.54, 1.807) is 0 Å². The van der Waals surface area contributed by atoms with Crippen molar-refractivity contribution in [1.82, 2.24) is 0 Å². The van der Waals surface area contributed by atoms with Gasteiger partial charge in [-0.05, 0) is 89.2 Å². The summed E-state index contributed by atoms with van der Waals surface area (Å²) < 4.78 is 0. The van der Waals surface area contributed by atoms with E-state index >= 15 is 0 Å². The maximum atomic E-state index is 2.53. The molecule has 5 aromatic rings. The van der Waals surface area contributed by atoms with E-state index in [4.69, 9.17) is 0 Å². The molecule has 0 bridgehead atoms. The predicted molar refractivity (Wildman–Crippen MR) is 162 cm³/mol. The average molecular weight is 488 g/mol. The molecule has 0 unspecified atom stereocenters. The van der Waals surface area contributed by atoms with Gasteiger partial charge in [0.2, 0.25) is 0 Å². The number of fused-ring (bicyclic) bond motifs is 4. The van der Waals surface area contributed by atoms with Crippen LogP contribution < -0.4 is 26.2 Å². The molecule has 2 aliphatic heterocycles. The highest BCUT2D eigenvalue weighted by molar-refractivity contribution is 7.00. The largest absolute Gasteiger partial charge is 0.311 e. The standard InChI is InChI=1S/C35H29BN2/c1-3-15-27(16-4-1)37-31-21-11-9-19-29(31)36-30-20-10-12-22-32(30)38(28-17-5-2-6-18-28)34-24-26(23-33(37)35(34)36)25-13-7-8-14-25/h1-6,9-12,15-25H,7-8,13-14H2. The van der Waals surface area contributed by atoms with Crippen LogP contribution in [0.3, 0.4) is 0 Å². The second kappa shape index (κ2) is 8.67. The lowest BCUT2D eigenvalue weighted by molar-refractivity contribution is 0.723. The first kappa shape index (κ1) is 21.8. The molecule has 2 nitrogen and oxygen atoms in total. The first-order valence-electron chi connectivity index (χ1n) is 13.9. The van der Waals surface area contributed by atoms with Crippen LogP contribution in [-0.4, -0.2) is 6.71 Å². The summed E-state index contributed by atoms with van der Waals surface area (Å²) in [4.78, 5) is 5.03. The lowest BCUT2D eigenvalue weighted by atomic mass is 9.33. The molecule has 0 atom stereocenters. The van der Waals surface area contributed by atoms with E-state index in [2.05, 4.69) is 131 Å². The normalized spacial score (nSPS) is 15.7. The van der Waals surface area contributed by atoms with Gasteiger partial charge in [-0.3, -0.25) is 0 Å². The molecule has 0 spiro atoms. The Morgan fingerprint density at radius 1 is 0.500 bits per heavy atom. The molecule has 38 heavy (non-hydrogen) atoms. The van der Waals surface area contributed by atoms with Gasteiger partial charge in [0.05, 0.1) is 0 Å². The molecule has 0 radical (unpaired) electrons. The number of benzene rings is 5. The Balaban J connectivity index is 1.49. The average Bonchev–Trinajstić information content (AvgIpc) is 3.53. The zero-order chi connectivity index (χ0) is 25.1. The van der Waals surface area contributed by atoms with E-state index in [0.717, 1.165) is 0 Å². The minimum atomic E-state index is 0.199. The van der Waals surface area contributed by atoms with E-state index in [-0.39, 0.29) is 6.71 Å². The SMILES string of the molecule is c1ccc(N2c3ccccc3B3c4ccccc4N(c4ccccc4)c4cc(C5CCCC5)cc2c43)cc1. The van der Waals surface area contributed by atoms with Crippen LogP contribution >= 0.6 is 0 Å². The van der Waals surface area contributed by atoms with Crippen LogP contribution in [0, 0.1) is 0 Å². The molecule has 0 saturated heterocycles. The van der Waals surface area contributed by atoms with Crippen molar-refractivity contribution in [3.63, 3.8) is 0 Å². The molecule has 8 rings (SSSR count). The molecule has 0 amide bonds. The Morgan fingerprint density at radius 3 is 1.45 bits per heavy atom.